The zero-order chi connectivity index (χ0) is 15.5. The van der Waals surface area contributed by atoms with Gasteiger partial charge < -0.3 is 5.32 Å². The monoisotopic (exact) mass is 307 g/mol. The van der Waals surface area contributed by atoms with Crippen molar-refractivity contribution in [3.05, 3.63) is 35.9 Å². The van der Waals surface area contributed by atoms with Crippen LogP contribution in [0.4, 0.5) is 0 Å². The van der Waals surface area contributed by atoms with Gasteiger partial charge in [0.2, 0.25) is 5.91 Å². The van der Waals surface area contributed by atoms with Crippen LogP contribution in [0.5, 0.6) is 0 Å². The molecule has 1 rings (SSSR count). The van der Waals surface area contributed by atoms with Crippen LogP contribution in [0.15, 0.2) is 30.3 Å². The molecule has 0 saturated carbocycles. The maximum absolute atomic E-state index is 11.9. The van der Waals surface area contributed by atoms with Crippen LogP contribution >= 0.6 is 12.6 Å². The molecule has 1 amide bonds. The molecule has 21 heavy (non-hydrogen) atoms. The number of carbonyl (C=O) groups is 1. The number of rotatable bonds is 10. The van der Waals surface area contributed by atoms with Crippen LogP contribution in [0, 0.1) is 5.92 Å². The van der Waals surface area contributed by atoms with Crippen LogP contribution in [0.1, 0.15) is 51.5 Å². The molecule has 0 spiro atoms. The van der Waals surface area contributed by atoms with Crippen molar-refractivity contribution in [1.29, 1.82) is 0 Å². The molecular formula is C18H29NOS. The molecule has 1 N–H and O–H groups in total. The Hall–Kier alpha value is -0.960. The quantitative estimate of drug-likeness (QED) is 0.491. The Morgan fingerprint density at radius 1 is 1.10 bits per heavy atom. The number of hydrogen-bond donors (Lipinski definition) is 2. The molecular weight excluding hydrogens is 278 g/mol. The van der Waals surface area contributed by atoms with Gasteiger partial charge in [-0.3, -0.25) is 4.79 Å². The van der Waals surface area contributed by atoms with Crippen molar-refractivity contribution in [2.45, 2.75) is 57.6 Å². The summed E-state index contributed by atoms with van der Waals surface area (Å²) in [5.74, 6) is 0.844. The van der Waals surface area contributed by atoms with E-state index in [2.05, 4.69) is 31.8 Å². The highest BCUT2D eigenvalue weighted by molar-refractivity contribution is 7.81. The Morgan fingerprint density at radius 3 is 2.43 bits per heavy atom. The SMILES string of the molecule is CC(C)CCCCCCNC(=O)C(S)Cc1ccccc1. The predicted octanol–water partition coefficient (Wildman–Crippen LogP) is 4.25. The van der Waals surface area contributed by atoms with Crippen LogP contribution in [0.3, 0.4) is 0 Å². The number of amides is 1. The zero-order valence-corrected chi connectivity index (χ0v) is 14.2. The number of carbonyl (C=O) groups excluding carboxylic acids is 1. The van der Waals surface area contributed by atoms with Gasteiger partial charge in [-0.15, -0.1) is 0 Å². The second-order valence-corrected chi connectivity index (χ2v) is 6.72. The minimum absolute atomic E-state index is 0.0457. The predicted molar refractivity (Wildman–Crippen MR) is 93.9 cm³/mol. The molecule has 0 bridgehead atoms. The molecule has 0 fully saturated rings. The number of thiol groups is 1. The van der Waals surface area contributed by atoms with E-state index in [4.69, 9.17) is 0 Å². The second-order valence-electron chi connectivity index (χ2n) is 6.09. The average molecular weight is 308 g/mol. The van der Waals surface area contributed by atoms with Crippen LogP contribution in [-0.2, 0) is 11.2 Å². The summed E-state index contributed by atoms with van der Waals surface area (Å²) in [4.78, 5) is 11.9. The standard InChI is InChI=1S/C18H29NOS/c1-15(2)10-6-3-4-9-13-19-18(20)17(21)14-16-11-7-5-8-12-16/h5,7-8,11-12,15,17,21H,3-4,6,9-10,13-14H2,1-2H3,(H,19,20). The number of nitrogens with one attached hydrogen (secondary N) is 1. The smallest absolute Gasteiger partial charge is 0.233 e. The number of benzene rings is 1. The molecule has 1 unspecified atom stereocenters. The van der Waals surface area contributed by atoms with Gasteiger partial charge in [-0.05, 0) is 24.3 Å². The van der Waals surface area contributed by atoms with Crippen LogP contribution in [0.25, 0.3) is 0 Å². The fourth-order valence-corrected chi connectivity index (χ4v) is 2.59. The maximum atomic E-state index is 11.9. The van der Waals surface area contributed by atoms with Gasteiger partial charge in [0, 0.05) is 6.54 Å². The van der Waals surface area contributed by atoms with E-state index in [0.29, 0.717) is 6.42 Å². The third-order valence-electron chi connectivity index (χ3n) is 3.58. The van der Waals surface area contributed by atoms with E-state index in [9.17, 15) is 4.79 Å². The molecule has 1 aromatic carbocycles. The first kappa shape index (κ1) is 18.1. The summed E-state index contributed by atoms with van der Waals surface area (Å²) in [6.45, 7) is 5.30. The highest BCUT2D eigenvalue weighted by Gasteiger charge is 2.13. The second kappa shape index (κ2) is 10.7. The van der Waals surface area contributed by atoms with Gasteiger partial charge in [-0.1, -0.05) is 69.9 Å². The summed E-state index contributed by atoms with van der Waals surface area (Å²) >= 11 is 4.41. The summed E-state index contributed by atoms with van der Waals surface area (Å²) in [6, 6.07) is 10.0. The van der Waals surface area contributed by atoms with Crippen molar-refractivity contribution in [2.75, 3.05) is 6.54 Å². The molecule has 0 heterocycles. The van der Waals surface area contributed by atoms with E-state index in [-0.39, 0.29) is 11.2 Å². The van der Waals surface area contributed by atoms with Crippen LogP contribution in [-0.4, -0.2) is 17.7 Å². The molecule has 3 heteroatoms. The Morgan fingerprint density at radius 2 is 1.76 bits per heavy atom. The van der Waals surface area contributed by atoms with E-state index in [1.807, 2.05) is 30.3 Å². The van der Waals surface area contributed by atoms with Crippen molar-refractivity contribution in [3.63, 3.8) is 0 Å². The molecule has 1 aromatic rings. The van der Waals surface area contributed by atoms with Gasteiger partial charge >= 0.3 is 0 Å². The maximum Gasteiger partial charge on any atom is 0.233 e. The first-order chi connectivity index (χ1) is 10.1. The lowest BCUT2D eigenvalue weighted by atomic mass is 10.0. The number of unbranched alkanes of at least 4 members (excludes halogenated alkanes) is 3. The molecule has 1 atom stereocenters. The summed E-state index contributed by atoms with van der Waals surface area (Å²) in [7, 11) is 0. The zero-order valence-electron chi connectivity index (χ0n) is 13.3. The molecule has 0 aromatic heterocycles. The molecule has 0 aliphatic carbocycles. The highest BCUT2D eigenvalue weighted by atomic mass is 32.1. The van der Waals surface area contributed by atoms with Crippen LogP contribution in [0.2, 0.25) is 0 Å². The highest BCUT2D eigenvalue weighted by Crippen LogP contribution is 2.10. The topological polar surface area (TPSA) is 29.1 Å². The average Bonchev–Trinajstić information content (AvgIpc) is 2.46. The van der Waals surface area contributed by atoms with E-state index in [1.165, 1.54) is 25.7 Å². The van der Waals surface area contributed by atoms with Gasteiger partial charge in [0.25, 0.3) is 0 Å². The van der Waals surface area contributed by atoms with E-state index in [0.717, 1.165) is 24.4 Å². The fourth-order valence-electron chi connectivity index (χ4n) is 2.29. The lowest BCUT2D eigenvalue weighted by Crippen LogP contribution is -2.33. The lowest BCUT2D eigenvalue weighted by molar-refractivity contribution is -0.120. The third kappa shape index (κ3) is 8.82. The van der Waals surface area contributed by atoms with Crippen LogP contribution < -0.4 is 5.32 Å². The largest absolute Gasteiger partial charge is 0.355 e. The molecule has 0 radical (unpaired) electrons. The Bertz CT molecular complexity index is 391. The lowest BCUT2D eigenvalue weighted by Gasteiger charge is -2.11. The van der Waals surface area contributed by atoms with Gasteiger partial charge in [-0.25, -0.2) is 0 Å². The Balaban J connectivity index is 2.08. The normalized spacial score (nSPS) is 12.4. The first-order valence-corrected chi connectivity index (χ1v) is 8.61. The minimum atomic E-state index is -0.256. The van der Waals surface area contributed by atoms with Crippen molar-refractivity contribution in [1.82, 2.24) is 5.32 Å². The van der Waals surface area contributed by atoms with Gasteiger partial charge in [0.15, 0.2) is 0 Å². The summed E-state index contributed by atoms with van der Waals surface area (Å²) < 4.78 is 0. The molecule has 2 nitrogen and oxygen atoms in total. The summed E-state index contributed by atoms with van der Waals surface area (Å²) in [5.41, 5.74) is 1.15. The number of hydrogen-bond acceptors (Lipinski definition) is 2. The summed E-state index contributed by atoms with van der Waals surface area (Å²) in [6.07, 6.45) is 6.82. The fraction of sp³-hybridized carbons (Fsp3) is 0.611. The van der Waals surface area contributed by atoms with Gasteiger partial charge in [0.05, 0.1) is 5.25 Å². The molecule has 0 saturated heterocycles. The Labute approximate surface area is 135 Å². The molecule has 0 aliphatic rings. The van der Waals surface area contributed by atoms with Crippen molar-refractivity contribution < 1.29 is 4.79 Å². The van der Waals surface area contributed by atoms with Crippen molar-refractivity contribution >= 4 is 18.5 Å². The Kier molecular flexibility index (Phi) is 9.24. The minimum Gasteiger partial charge on any atom is -0.355 e. The molecule has 118 valence electrons. The van der Waals surface area contributed by atoms with Gasteiger partial charge in [0.1, 0.15) is 0 Å². The van der Waals surface area contributed by atoms with E-state index >= 15 is 0 Å². The van der Waals surface area contributed by atoms with E-state index in [1.54, 1.807) is 0 Å². The van der Waals surface area contributed by atoms with Crippen molar-refractivity contribution in [3.8, 4) is 0 Å². The van der Waals surface area contributed by atoms with Gasteiger partial charge in [-0.2, -0.15) is 12.6 Å². The third-order valence-corrected chi connectivity index (χ3v) is 4.00. The molecule has 0 aliphatic heterocycles. The van der Waals surface area contributed by atoms with Crippen molar-refractivity contribution in [2.24, 2.45) is 5.92 Å². The van der Waals surface area contributed by atoms with E-state index < -0.39 is 0 Å². The first-order valence-electron chi connectivity index (χ1n) is 8.09. The summed E-state index contributed by atoms with van der Waals surface area (Å²) in [5, 5.41) is 2.73.